The maximum atomic E-state index is 12.4. The molecule has 7 heteroatoms. The lowest BCUT2D eigenvalue weighted by molar-refractivity contribution is 0.0944. The molecule has 0 aliphatic heterocycles. The number of carbonyl (C=O) groups excluding carboxylic acids is 1. The topological polar surface area (TPSA) is 120 Å². The Labute approximate surface area is 128 Å². The molecule has 0 bridgehead atoms. The van der Waals surface area contributed by atoms with Gasteiger partial charge in [0.1, 0.15) is 11.5 Å². The highest BCUT2D eigenvalue weighted by molar-refractivity contribution is 5.94. The van der Waals surface area contributed by atoms with Gasteiger partial charge < -0.3 is 16.8 Å². The molecule has 22 heavy (non-hydrogen) atoms. The van der Waals surface area contributed by atoms with Crippen molar-refractivity contribution >= 4 is 17.7 Å². The van der Waals surface area contributed by atoms with Crippen molar-refractivity contribution in [2.45, 2.75) is 32.2 Å². The van der Waals surface area contributed by atoms with Crippen LogP contribution in [0, 0.1) is 0 Å². The van der Waals surface area contributed by atoms with Crippen LogP contribution in [0.1, 0.15) is 40.2 Å². The SMILES string of the molecule is Nc1nc2c(c(C(=O)NCc3cccnc3N)n1)CCCC2. The molecule has 2 aromatic rings. The van der Waals surface area contributed by atoms with Crippen molar-refractivity contribution in [1.82, 2.24) is 20.3 Å². The first-order valence-corrected chi connectivity index (χ1v) is 7.28. The zero-order chi connectivity index (χ0) is 15.5. The Morgan fingerprint density at radius 3 is 2.86 bits per heavy atom. The summed E-state index contributed by atoms with van der Waals surface area (Å²) in [6.45, 7) is 0.303. The third-order valence-electron chi connectivity index (χ3n) is 3.78. The van der Waals surface area contributed by atoms with Crippen molar-refractivity contribution in [1.29, 1.82) is 0 Å². The fourth-order valence-electron chi connectivity index (χ4n) is 2.66. The molecule has 1 aliphatic rings. The van der Waals surface area contributed by atoms with E-state index in [-0.39, 0.29) is 11.9 Å². The molecule has 3 rings (SSSR count). The average molecular weight is 298 g/mol. The second-order valence-electron chi connectivity index (χ2n) is 5.29. The summed E-state index contributed by atoms with van der Waals surface area (Å²) in [4.78, 5) is 24.8. The number of pyridine rings is 1. The molecule has 7 nitrogen and oxygen atoms in total. The molecule has 0 spiro atoms. The number of hydrogen-bond acceptors (Lipinski definition) is 6. The van der Waals surface area contributed by atoms with Gasteiger partial charge in [-0.15, -0.1) is 0 Å². The first-order valence-electron chi connectivity index (χ1n) is 7.28. The van der Waals surface area contributed by atoms with Crippen molar-refractivity contribution in [3.05, 3.63) is 40.8 Å². The van der Waals surface area contributed by atoms with Gasteiger partial charge in [-0.25, -0.2) is 15.0 Å². The van der Waals surface area contributed by atoms with Gasteiger partial charge in [-0.3, -0.25) is 4.79 Å². The maximum Gasteiger partial charge on any atom is 0.270 e. The van der Waals surface area contributed by atoms with Gasteiger partial charge in [-0.2, -0.15) is 0 Å². The fraction of sp³-hybridized carbons (Fsp3) is 0.333. The number of nitrogens with two attached hydrogens (primary N) is 2. The number of aromatic nitrogens is 3. The summed E-state index contributed by atoms with van der Waals surface area (Å²) in [5.41, 5.74) is 14.4. The van der Waals surface area contributed by atoms with Crippen molar-refractivity contribution < 1.29 is 4.79 Å². The molecule has 1 amide bonds. The first kappa shape index (κ1) is 14.2. The van der Waals surface area contributed by atoms with Crippen LogP contribution in [0.15, 0.2) is 18.3 Å². The molecular formula is C15H18N6O. The first-order chi connectivity index (χ1) is 10.6. The summed E-state index contributed by atoms with van der Waals surface area (Å²) >= 11 is 0. The average Bonchev–Trinajstić information content (AvgIpc) is 2.53. The summed E-state index contributed by atoms with van der Waals surface area (Å²) in [7, 11) is 0. The molecule has 0 saturated carbocycles. The van der Waals surface area contributed by atoms with E-state index in [0.717, 1.165) is 42.5 Å². The lowest BCUT2D eigenvalue weighted by Crippen LogP contribution is -2.28. The number of carbonyl (C=O) groups is 1. The molecule has 5 N–H and O–H groups in total. The summed E-state index contributed by atoms with van der Waals surface area (Å²) in [6.07, 6.45) is 5.38. The van der Waals surface area contributed by atoms with E-state index in [4.69, 9.17) is 11.5 Å². The number of anilines is 2. The van der Waals surface area contributed by atoms with Crippen LogP contribution in [0.5, 0.6) is 0 Å². The normalized spacial score (nSPS) is 13.5. The van der Waals surface area contributed by atoms with Crippen molar-refractivity contribution in [3.8, 4) is 0 Å². The van der Waals surface area contributed by atoms with E-state index in [0.29, 0.717) is 18.1 Å². The number of rotatable bonds is 3. The van der Waals surface area contributed by atoms with Crippen LogP contribution in [0.2, 0.25) is 0 Å². The summed E-state index contributed by atoms with van der Waals surface area (Å²) < 4.78 is 0. The predicted molar refractivity (Wildman–Crippen MR) is 82.9 cm³/mol. The van der Waals surface area contributed by atoms with E-state index in [1.165, 1.54) is 0 Å². The van der Waals surface area contributed by atoms with Crippen molar-refractivity contribution in [3.63, 3.8) is 0 Å². The second kappa shape index (κ2) is 5.97. The number of nitrogens with one attached hydrogen (secondary N) is 1. The van der Waals surface area contributed by atoms with E-state index in [2.05, 4.69) is 20.3 Å². The van der Waals surface area contributed by atoms with Gasteiger partial charge in [0.15, 0.2) is 0 Å². The molecule has 0 unspecified atom stereocenters. The van der Waals surface area contributed by atoms with Gasteiger partial charge in [0.25, 0.3) is 5.91 Å². The van der Waals surface area contributed by atoms with Crippen LogP contribution in [0.4, 0.5) is 11.8 Å². The minimum absolute atomic E-state index is 0.145. The minimum Gasteiger partial charge on any atom is -0.383 e. The zero-order valence-electron chi connectivity index (χ0n) is 12.2. The van der Waals surface area contributed by atoms with Gasteiger partial charge in [-0.1, -0.05) is 6.07 Å². The number of aryl methyl sites for hydroxylation is 1. The van der Waals surface area contributed by atoms with Crippen molar-refractivity contribution in [2.24, 2.45) is 0 Å². The summed E-state index contributed by atoms with van der Waals surface area (Å²) in [6, 6.07) is 3.61. The minimum atomic E-state index is -0.254. The monoisotopic (exact) mass is 298 g/mol. The lowest BCUT2D eigenvalue weighted by Gasteiger charge is -2.18. The Morgan fingerprint density at radius 1 is 1.23 bits per heavy atom. The van der Waals surface area contributed by atoms with E-state index < -0.39 is 0 Å². The zero-order valence-corrected chi connectivity index (χ0v) is 12.2. The highest BCUT2D eigenvalue weighted by Gasteiger charge is 2.21. The van der Waals surface area contributed by atoms with Gasteiger partial charge in [0, 0.05) is 29.6 Å². The maximum absolute atomic E-state index is 12.4. The van der Waals surface area contributed by atoms with Crippen LogP contribution in [0.3, 0.4) is 0 Å². The summed E-state index contributed by atoms with van der Waals surface area (Å²) in [5.74, 6) is 0.300. The van der Waals surface area contributed by atoms with E-state index in [1.54, 1.807) is 12.3 Å². The number of nitrogen functional groups attached to an aromatic ring is 2. The standard InChI is InChI=1S/C15H18N6O/c16-13-9(4-3-7-18-13)8-19-14(22)12-10-5-1-2-6-11(10)20-15(17)21-12/h3-4,7H,1-2,5-6,8H2,(H2,16,18)(H,19,22)(H2,17,20,21). The number of hydrogen-bond donors (Lipinski definition) is 3. The third-order valence-corrected chi connectivity index (χ3v) is 3.78. The Hall–Kier alpha value is -2.70. The lowest BCUT2D eigenvalue weighted by atomic mass is 9.94. The number of amides is 1. The van der Waals surface area contributed by atoms with Crippen LogP contribution >= 0.6 is 0 Å². The van der Waals surface area contributed by atoms with Gasteiger partial charge in [0.2, 0.25) is 5.95 Å². The van der Waals surface area contributed by atoms with E-state index >= 15 is 0 Å². The smallest absolute Gasteiger partial charge is 0.270 e. The van der Waals surface area contributed by atoms with Gasteiger partial charge in [0.05, 0.1) is 0 Å². The van der Waals surface area contributed by atoms with Crippen LogP contribution in [-0.2, 0) is 19.4 Å². The second-order valence-corrected chi connectivity index (χ2v) is 5.29. The summed E-state index contributed by atoms with van der Waals surface area (Å²) in [5, 5.41) is 2.83. The molecular weight excluding hydrogens is 280 g/mol. The molecule has 0 radical (unpaired) electrons. The highest BCUT2D eigenvalue weighted by Crippen LogP contribution is 2.22. The Morgan fingerprint density at radius 2 is 2.05 bits per heavy atom. The van der Waals surface area contributed by atoms with Crippen LogP contribution in [-0.4, -0.2) is 20.9 Å². The van der Waals surface area contributed by atoms with Crippen molar-refractivity contribution in [2.75, 3.05) is 11.5 Å². The van der Waals surface area contributed by atoms with Gasteiger partial charge in [-0.05, 0) is 31.7 Å². The third kappa shape index (κ3) is 2.83. The molecule has 0 fully saturated rings. The molecule has 2 heterocycles. The molecule has 0 atom stereocenters. The largest absolute Gasteiger partial charge is 0.383 e. The predicted octanol–water partition coefficient (Wildman–Crippen LogP) is 0.845. The number of nitrogens with zero attached hydrogens (tertiary/aromatic N) is 3. The van der Waals surface area contributed by atoms with Crippen LogP contribution in [0.25, 0.3) is 0 Å². The molecule has 1 aliphatic carbocycles. The van der Waals surface area contributed by atoms with Gasteiger partial charge >= 0.3 is 0 Å². The molecule has 114 valence electrons. The fourth-order valence-corrected chi connectivity index (χ4v) is 2.66. The van der Waals surface area contributed by atoms with E-state index in [9.17, 15) is 4.79 Å². The van der Waals surface area contributed by atoms with Crippen LogP contribution < -0.4 is 16.8 Å². The Balaban J connectivity index is 1.81. The van der Waals surface area contributed by atoms with E-state index in [1.807, 2.05) is 6.07 Å². The quantitative estimate of drug-likeness (QED) is 0.772. The highest BCUT2D eigenvalue weighted by atomic mass is 16.1. The number of fused-ring (bicyclic) bond motifs is 1. The Bertz CT molecular complexity index is 715. The molecule has 0 aromatic carbocycles. The Kier molecular flexibility index (Phi) is 3.86. The molecule has 0 saturated heterocycles. The molecule has 2 aromatic heterocycles.